The summed E-state index contributed by atoms with van der Waals surface area (Å²) in [7, 11) is 0. The Morgan fingerprint density at radius 2 is 1.12 bits per heavy atom. The minimum absolute atomic E-state index is 0.345. The van der Waals surface area contributed by atoms with E-state index >= 15 is 0 Å². The lowest BCUT2D eigenvalue weighted by Crippen LogP contribution is -2.37. The molecule has 0 aromatic heterocycles. The van der Waals surface area contributed by atoms with Crippen LogP contribution in [0.2, 0.25) is 0 Å². The van der Waals surface area contributed by atoms with Crippen LogP contribution in [-0.4, -0.2) is 25.4 Å². The minimum Gasteiger partial charge on any atom is -0.375 e. The molecule has 144 valence electrons. The standard InChI is InChI=1S/C22H44O2/c1-5-9-13-19(7-3)17-23-21-15-11-12-16-22(21)24-18-20(8-4)14-10-6-2/h19-22H,5-18H2,1-4H3. The van der Waals surface area contributed by atoms with Gasteiger partial charge in [-0.2, -0.15) is 0 Å². The van der Waals surface area contributed by atoms with E-state index < -0.39 is 0 Å². The predicted octanol–water partition coefficient (Wildman–Crippen LogP) is 6.76. The van der Waals surface area contributed by atoms with E-state index in [1.54, 1.807) is 0 Å². The summed E-state index contributed by atoms with van der Waals surface area (Å²) in [5.41, 5.74) is 0. The third-order valence-corrected chi connectivity index (χ3v) is 5.82. The smallest absolute Gasteiger partial charge is 0.0836 e. The van der Waals surface area contributed by atoms with Gasteiger partial charge in [-0.05, 0) is 37.5 Å². The molecule has 0 aromatic carbocycles. The molecule has 0 amide bonds. The van der Waals surface area contributed by atoms with E-state index in [9.17, 15) is 0 Å². The topological polar surface area (TPSA) is 18.5 Å². The summed E-state index contributed by atoms with van der Waals surface area (Å²) in [6.07, 6.45) is 16.1. The average Bonchev–Trinajstić information content (AvgIpc) is 2.63. The summed E-state index contributed by atoms with van der Waals surface area (Å²) < 4.78 is 12.7. The van der Waals surface area contributed by atoms with Crippen LogP contribution < -0.4 is 0 Å². The normalized spacial score (nSPS) is 24.0. The van der Waals surface area contributed by atoms with Crippen LogP contribution >= 0.6 is 0 Å². The van der Waals surface area contributed by atoms with Gasteiger partial charge < -0.3 is 9.47 Å². The monoisotopic (exact) mass is 340 g/mol. The fraction of sp³-hybridized carbons (Fsp3) is 1.00. The Labute approximate surface area is 152 Å². The van der Waals surface area contributed by atoms with Crippen molar-refractivity contribution in [2.24, 2.45) is 11.8 Å². The van der Waals surface area contributed by atoms with Crippen LogP contribution in [0.15, 0.2) is 0 Å². The highest BCUT2D eigenvalue weighted by Gasteiger charge is 2.27. The molecule has 1 aliphatic carbocycles. The Bertz CT molecular complexity index is 251. The van der Waals surface area contributed by atoms with E-state index in [0.29, 0.717) is 12.2 Å². The molecular formula is C22H44O2. The number of ether oxygens (including phenoxy) is 2. The van der Waals surface area contributed by atoms with Crippen molar-refractivity contribution in [3.05, 3.63) is 0 Å². The number of unbranched alkanes of at least 4 members (excludes halogenated alkanes) is 2. The molecule has 24 heavy (non-hydrogen) atoms. The first-order chi connectivity index (χ1) is 11.7. The summed E-state index contributed by atoms with van der Waals surface area (Å²) in [4.78, 5) is 0. The SMILES string of the molecule is CCCCC(CC)COC1CCCCC1OCC(CC)CCCC. The van der Waals surface area contributed by atoms with E-state index in [-0.39, 0.29) is 0 Å². The van der Waals surface area contributed by atoms with Gasteiger partial charge in [0.2, 0.25) is 0 Å². The van der Waals surface area contributed by atoms with Crippen molar-refractivity contribution in [1.82, 2.24) is 0 Å². The second kappa shape index (κ2) is 14.1. The van der Waals surface area contributed by atoms with Gasteiger partial charge in [0.1, 0.15) is 0 Å². The molecular weight excluding hydrogens is 296 g/mol. The van der Waals surface area contributed by atoms with Gasteiger partial charge in [0.05, 0.1) is 12.2 Å². The van der Waals surface area contributed by atoms with Gasteiger partial charge in [0.25, 0.3) is 0 Å². The highest BCUT2D eigenvalue weighted by Crippen LogP contribution is 2.26. The van der Waals surface area contributed by atoms with Gasteiger partial charge in [-0.25, -0.2) is 0 Å². The van der Waals surface area contributed by atoms with Gasteiger partial charge in [0.15, 0.2) is 0 Å². The average molecular weight is 341 g/mol. The first-order valence-corrected chi connectivity index (χ1v) is 11.0. The van der Waals surface area contributed by atoms with Crippen molar-refractivity contribution in [2.45, 2.75) is 117 Å². The summed E-state index contributed by atoms with van der Waals surface area (Å²) >= 11 is 0. The molecule has 0 bridgehead atoms. The zero-order valence-electron chi connectivity index (χ0n) is 17.0. The van der Waals surface area contributed by atoms with Gasteiger partial charge in [-0.3, -0.25) is 0 Å². The van der Waals surface area contributed by atoms with Crippen molar-refractivity contribution in [3.63, 3.8) is 0 Å². The van der Waals surface area contributed by atoms with Crippen molar-refractivity contribution < 1.29 is 9.47 Å². The molecule has 0 spiro atoms. The first-order valence-electron chi connectivity index (χ1n) is 11.0. The summed E-state index contributed by atoms with van der Waals surface area (Å²) in [5.74, 6) is 1.47. The Morgan fingerprint density at radius 1 is 0.708 bits per heavy atom. The van der Waals surface area contributed by atoms with Crippen molar-refractivity contribution in [2.75, 3.05) is 13.2 Å². The highest BCUT2D eigenvalue weighted by atomic mass is 16.5. The molecule has 0 aromatic rings. The zero-order valence-corrected chi connectivity index (χ0v) is 17.0. The molecule has 0 radical (unpaired) electrons. The molecule has 1 aliphatic rings. The summed E-state index contributed by atoms with van der Waals surface area (Å²) in [6.45, 7) is 11.0. The van der Waals surface area contributed by atoms with Crippen LogP contribution in [0, 0.1) is 11.8 Å². The fourth-order valence-electron chi connectivity index (χ4n) is 3.76. The van der Waals surface area contributed by atoms with E-state index in [4.69, 9.17) is 9.47 Å². The quantitative estimate of drug-likeness (QED) is 0.347. The molecule has 1 rings (SSSR count). The molecule has 4 atom stereocenters. The minimum atomic E-state index is 0.345. The van der Waals surface area contributed by atoms with Crippen molar-refractivity contribution in [3.8, 4) is 0 Å². The molecule has 4 unspecified atom stereocenters. The van der Waals surface area contributed by atoms with Crippen molar-refractivity contribution >= 4 is 0 Å². The third kappa shape index (κ3) is 8.85. The van der Waals surface area contributed by atoms with E-state index in [0.717, 1.165) is 25.0 Å². The first kappa shape index (κ1) is 22.0. The van der Waals surface area contributed by atoms with Gasteiger partial charge >= 0.3 is 0 Å². The van der Waals surface area contributed by atoms with E-state index in [1.165, 1.54) is 77.0 Å². The predicted molar refractivity (Wildman–Crippen MR) is 105 cm³/mol. The van der Waals surface area contributed by atoms with Crippen molar-refractivity contribution in [1.29, 1.82) is 0 Å². The molecule has 2 nitrogen and oxygen atoms in total. The molecule has 0 heterocycles. The molecule has 2 heteroatoms. The number of hydrogen-bond acceptors (Lipinski definition) is 2. The highest BCUT2D eigenvalue weighted by molar-refractivity contribution is 4.78. The zero-order chi connectivity index (χ0) is 17.6. The summed E-state index contributed by atoms with van der Waals surface area (Å²) in [5, 5.41) is 0. The number of rotatable bonds is 14. The van der Waals surface area contributed by atoms with Crippen LogP contribution in [0.4, 0.5) is 0 Å². The third-order valence-electron chi connectivity index (χ3n) is 5.82. The lowest BCUT2D eigenvalue weighted by atomic mass is 9.93. The second-order valence-corrected chi connectivity index (χ2v) is 7.86. The van der Waals surface area contributed by atoms with E-state index in [2.05, 4.69) is 27.7 Å². The largest absolute Gasteiger partial charge is 0.375 e. The van der Waals surface area contributed by atoms with Crippen LogP contribution in [0.5, 0.6) is 0 Å². The van der Waals surface area contributed by atoms with Gasteiger partial charge in [0, 0.05) is 13.2 Å². The van der Waals surface area contributed by atoms with Gasteiger partial charge in [-0.15, -0.1) is 0 Å². The van der Waals surface area contributed by atoms with Gasteiger partial charge in [-0.1, -0.05) is 79.1 Å². The van der Waals surface area contributed by atoms with Crippen LogP contribution in [0.25, 0.3) is 0 Å². The molecule has 1 fully saturated rings. The maximum Gasteiger partial charge on any atom is 0.0836 e. The Morgan fingerprint density at radius 3 is 1.46 bits per heavy atom. The van der Waals surface area contributed by atoms with Crippen LogP contribution in [-0.2, 0) is 9.47 Å². The molecule has 1 saturated carbocycles. The number of hydrogen-bond donors (Lipinski definition) is 0. The molecule has 0 saturated heterocycles. The maximum absolute atomic E-state index is 6.37. The molecule has 0 aliphatic heterocycles. The lowest BCUT2D eigenvalue weighted by molar-refractivity contribution is -0.107. The summed E-state index contributed by atoms with van der Waals surface area (Å²) in [6, 6.07) is 0. The Balaban J connectivity index is 2.37. The lowest BCUT2D eigenvalue weighted by Gasteiger charge is -2.33. The van der Waals surface area contributed by atoms with Crippen LogP contribution in [0.1, 0.15) is 105 Å². The Hall–Kier alpha value is -0.0800. The fourth-order valence-corrected chi connectivity index (χ4v) is 3.76. The second-order valence-electron chi connectivity index (χ2n) is 7.86. The Kier molecular flexibility index (Phi) is 12.9. The molecule has 0 N–H and O–H groups in total. The maximum atomic E-state index is 6.37. The van der Waals surface area contributed by atoms with Crippen LogP contribution in [0.3, 0.4) is 0 Å². The van der Waals surface area contributed by atoms with E-state index in [1.807, 2.05) is 0 Å².